The molecule has 0 saturated carbocycles. The van der Waals surface area contributed by atoms with E-state index >= 15 is 0 Å². The van der Waals surface area contributed by atoms with Crippen molar-refractivity contribution in [3.05, 3.63) is 35.9 Å². The van der Waals surface area contributed by atoms with E-state index in [0.29, 0.717) is 24.8 Å². The SMILES string of the molecule is CC[C@H](C)[C@H](NC(=O)[C@@H](N)C(C)C)C(=O)N[C@@H](CCC(=O)O)C(=O)N1CCC[C@H]1C(=O)N[C@@H](CO)C(=O)N[C@@H](C)C(=O)N[C@@H](Cc1ccccc1)C(=O)N[C@@H](CO)C(=O)N[C@@H](CCCCN)C(=O)N[C@@H](CC(C)C)C(=O)O. The number of hydrogen-bond acceptors (Lipinski definition) is 15. The van der Waals surface area contributed by atoms with Gasteiger partial charge in [-0.3, -0.25) is 47.9 Å². The molecule has 77 heavy (non-hydrogen) atoms. The summed E-state index contributed by atoms with van der Waals surface area (Å²) in [5.41, 5.74) is 12.2. The van der Waals surface area contributed by atoms with Crippen molar-refractivity contribution in [3.63, 3.8) is 0 Å². The monoisotopic (exact) mass is 1090 g/mol. The second-order valence-electron chi connectivity index (χ2n) is 20.2. The number of amides is 9. The van der Waals surface area contributed by atoms with Crippen LogP contribution in [0.4, 0.5) is 0 Å². The van der Waals surface area contributed by atoms with Crippen LogP contribution in [0, 0.1) is 17.8 Å². The summed E-state index contributed by atoms with van der Waals surface area (Å²) in [4.78, 5) is 147. The number of nitrogens with two attached hydrogens (primary N) is 2. The standard InChI is InChI=1S/C51H83N11O15/c1-8-29(6)41(61-48(73)40(53)28(4)5)49(74)56-33(19-20-39(65)66)50(75)62-22-14-18-38(62)47(72)60-36(25-63)45(70)54-30(7)42(67)57-34(24-31-15-10-9-11-16-31)44(69)59-37(26-64)46(71)55-32(17-12-13-21-52)43(68)58-35(51(76)77)23-27(2)3/h9-11,15-16,27-30,32-38,40-41,63-64H,8,12-14,17-26,52-53H2,1-7H3,(H,54,70)(H,55,71)(H,56,74)(H,57,67)(H,58,68)(H,59,69)(H,60,72)(H,61,73)(H,65,66)(H,76,77)/t29-,30-,32-,33-,34-,35-,36-,37-,38-,40-,41-/m0/s1. The van der Waals surface area contributed by atoms with Crippen LogP contribution in [0.1, 0.15) is 112 Å². The van der Waals surface area contributed by atoms with E-state index in [9.17, 15) is 73.2 Å². The van der Waals surface area contributed by atoms with Gasteiger partial charge in [0, 0.05) is 19.4 Å². The Bertz CT molecular complexity index is 2170. The number of aliphatic carboxylic acids is 2. The van der Waals surface area contributed by atoms with E-state index in [1.54, 1.807) is 71.9 Å². The highest BCUT2D eigenvalue weighted by atomic mass is 16.4. The molecule has 0 unspecified atom stereocenters. The minimum Gasteiger partial charge on any atom is -0.481 e. The first-order valence-corrected chi connectivity index (χ1v) is 26.2. The topological polar surface area (TPSA) is 420 Å². The molecule has 432 valence electrons. The summed E-state index contributed by atoms with van der Waals surface area (Å²) in [5, 5.41) is 59.6. The van der Waals surface area contributed by atoms with Gasteiger partial charge < -0.3 is 79.3 Å². The third-order valence-electron chi connectivity index (χ3n) is 13.1. The van der Waals surface area contributed by atoms with Crippen molar-refractivity contribution in [1.82, 2.24) is 47.4 Å². The summed E-state index contributed by atoms with van der Waals surface area (Å²) >= 11 is 0. The van der Waals surface area contributed by atoms with E-state index in [1.807, 2.05) is 0 Å². The van der Waals surface area contributed by atoms with Gasteiger partial charge in [-0.15, -0.1) is 0 Å². The van der Waals surface area contributed by atoms with E-state index in [2.05, 4.69) is 42.5 Å². The van der Waals surface area contributed by atoms with Gasteiger partial charge in [-0.05, 0) is 81.7 Å². The maximum absolute atomic E-state index is 14.1. The average Bonchev–Trinajstić information content (AvgIpc) is 3.88. The third kappa shape index (κ3) is 22.0. The van der Waals surface area contributed by atoms with Crippen molar-refractivity contribution in [3.8, 4) is 0 Å². The summed E-state index contributed by atoms with van der Waals surface area (Å²) in [6.45, 7) is 10.1. The van der Waals surface area contributed by atoms with Crippen molar-refractivity contribution in [2.75, 3.05) is 26.3 Å². The van der Waals surface area contributed by atoms with Gasteiger partial charge in [0.1, 0.15) is 54.4 Å². The molecule has 16 N–H and O–H groups in total. The number of hydrogen-bond donors (Lipinski definition) is 14. The van der Waals surface area contributed by atoms with Crippen LogP contribution in [0.5, 0.6) is 0 Å². The molecule has 0 aromatic heterocycles. The van der Waals surface area contributed by atoms with Crippen LogP contribution in [0.25, 0.3) is 0 Å². The smallest absolute Gasteiger partial charge is 0.326 e. The zero-order valence-corrected chi connectivity index (χ0v) is 45.2. The number of carbonyl (C=O) groups is 11. The second kappa shape index (κ2) is 33.4. The van der Waals surface area contributed by atoms with Gasteiger partial charge in [0.25, 0.3) is 0 Å². The summed E-state index contributed by atoms with van der Waals surface area (Å²) in [6, 6.07) is -5.24. The molecule has 0 spiro atoms. The molecule has 1 saturated heterocycles. The predicted octanol–water partition coefficient (Wildman–Crippen LogP) is -2.74. The van der Waals surface area contributed by atoms with E-state index < -0.39 is 151 Å². The lowest BCUT2D eigenvalue weighted by atomic mass is 9.96. The Morgan fingerprint density at radius 2 is 1.18 bits per heavy atom. The molecule has 0 aliphatic carbocycles. The maximum Gasteiger partial charge on any atom is 0.326 e. The average molecular weight is 1090 g/mol. The number of nitrogens with one attached hydrogen (secondary N) is 8. The van der Waals surface area contributed by atoms with Gasteiger partial charge in [0.2, 0.25) is 53.2 Å². The molecule has 1 aliphatic heterocycles. The maximum atomic E-state index is 14.1. The second-order valence-corrected chi connectivity index (χ2v) is 20.2. The number of likely N-dealkylation sites (tertiary alicyclic amines) is 1. The third-order valence-corrected chi connectivity index (χ3v) is 13.1. The van der Waals surface area contributed by atoms with Gasteiger partial charge >= 0.3 is 11.9 Å². The largest absolute Gasteiger partial charge is 0.481 e. The predicted molar refractivity (Wildman–Crippen MR) is 279 cm³/mol. The van der Waals surface area contributed by atoms with Gasteiger partial charge in [-0.1, -0.05) is 78.3 Å². The quantitative estimate of drug-likeness (QED) is 0.0311. The first kappa shape index (κ1) is 66.3. The zero-order valence-electron chi connectivity index (χ0n) is 45.2. The molecular formula is C51H83N11O15. The van der Waals surface area contributed by atoms with Crippen LogP contribution < -0.4 is 54.0 Å². The van der Waals surface area contributed by atoms with Crippen LogP contribution in [-0.2, 0) is 59.2 Å². The van der Waals surface area contributed by atoms with Gasteiger partial charge in [-0.2, -0.15) is 0 Å². The van der Waals surface area contributed by atoms with Crippen LogP contribution in [-0.4, -0.2) is 177 Å². The Morgan fingerprint density at radius 3 is 1.74 bits per heavy atom. The summed E-state index contributed by atoms with van der Waals surface area (Å²) < 4.78 is 0. The first-order chi connectivity index (χ1) is 36.3. The lowest BCUT2D eigenvalue weighted by Gasteiger charge is -2.31. The van der Waals surface area contributed by atoms with Crippen molar-refractivity contribution in [2.24, 2.45) is 29.2 Å². The molecule has 0 bridgehead atoms. The molecule has 0 radical (unpaired) electrons. The molecule has 9 amide bonds. The summed E-state index contributed by atoms with van der Waals surface area (Å²) in [6.07, 6.45) is 0.678. The number of carboxylic acid groups (broad SMARTS) is 2. The van der Waals surface area contributed by atoms with Gasteiger partial charge in [0.05, 0.1) is 19.3 Å². The highest BCUT2D eigenvalue weighted by Gasteiger charge is 2.41. The Morgan fingerprint density at radius 1 is 0.636 bits per heavy atom. The fraction of sp³-hybridized carbons (Fsp3) is 0.667. The Labute approximate surface area is 449 Å². The summed E-state index contributed by atoms with van der Waals surface area (Å²) in [7, 11) is 0. The fourth-order valence-electron chi connectivity index (χ4n) is 8.21. The van der Waals surface area contributed by atoms with Crippen LogP contribution in [0.3, 0.4) is 0 Å². The molecule has 1 fully saturated rings. The molecule has 2 rings (SSSR count). The molecule has 26 heteroatoms. The molecule has 1 aromatic carbocycles. The van der Waals surface area contributed by atoms with Crippen LogP contribution in [0.2, 0.25) is 0 Å². The van der Waals surface area contributed by atoms with Gasteiger partial charge in [0.15, 0.2) is 0 Å². The van der Waals surface area contributed by atoms with Crippen molar-refractivity contribution in [2.45, 2.75) is 173 Å². The molecule has 1 aliphatic rings. The number of unbranched alkanes of at least 4 members (excludes halogenated alkanes) is 1. The highest BCUT2D eigenvalue weighted by molar-refractivity contribution is 5.99. The number of rotatable bonds is 34. The number of carbonyl (C=O) groups excluding carboxylic acids is 9. The Hall–Kier alpha value is -6.77. The van der Waals surface area contributed by atoms with Crippen molar-refractivity contribution >= 4 is 65.1 Å². The fourth-order valence-corrected chi connectivity index (χ4v) is 8.21. The highest BCUT2D eigenvalue weighted by Crippen LogP contribution is 2.21. The first-order valence-electron chi connectivity index (χ1n) is 26.2. The number of aliphatic hydroxyl groups excluding tert-OH is 2. The molecule has 1 aromatic rings. The van der Waals surface area contributed by atoms with Crippen molar-refractivity contribution in [1.29, 1.82) is 0 Å². The zero-order chi connectivity index (χ0) is 58.1. The number of carboxylic acids is 2. The number of nitrogens with zero attached hydrogens (tertiary/aromatic N) is 1. The van der Waals surface area contributed by atoms with Crippen molar-refractivity contribution < 1.29 is 73.2 Å². The summed E-state index contributed by atoms with van der Waals surface area (Å²) in [5.74, 6) is -11.2. The van der Waals surface area contributed by atoms with E-state index in [1.165, 1.54) is 6.92 Å². The van der Waals surface area contributed by atoms with E-state index in [4.69, 9.17) is 11.5 Å². The molecular weight excluding hydrogens is 1010 g/mol. The molecule has 26 nitrogen and oxygen atoms in total. The van der Waals surface area contributed by atoms with Gasteiger partial charge in [-0.25, -0.2) is 4.79 Å². The normalized spacial score (nSPS) is 17.2. The lowest BCUT2D eigenvalue weighted by Crippen LogP contribution is -2.61. The van der Waals surface area contributed by atoms with E-state index in [-0.39, 0.29) is 63.5 Å². The lowest BCUT2D eigenvalue weighted by molar-refractivity contribution is -0.144. The van der Waals surface area contributed by atoms with Crippen LogP contribution >= 0.6 is 0 Å². The Balaban J connectivity index is 2.26. The number of benzene rings is 1. The minimum absolute atomic E-state index is 0.000228. The van der Waals surface area contributed by atoms with Crippen LogP contribution in [0.15, 0.2) is 30.3 Å². The molecule has 11 atom stereocenters. The Kier molecular flexibility index (Phi) is 28.8. The van der Waals surface area contributed by atoms with E-state index in [0.717, 1.165) is 4.90 Å². The minimum atomic E-state index is -1.69. The molecule has 1 heterocycles. The number of aliphatic hydroxyl groups is 2.